The quantitative estimate of drug-likeness (QED) is 0.714. The molecule has 1 saturated heterocycles. The summed E-state index contributed by atoms with van der Waals surface area (Å²) in [5.74, 6) is 1.62. The van der Waals surface area contributed by atoms with Gasteiger partial charge in [0.1, 0.15) is 6.07 Å². The second kappa shape index (κ2) is 8.51. The van der Waals surface area contributed by atoms with Crippen LogP contribution >= 0.6 is 0 Å². The van der Waals surface area contributed by atoms with Crippen molar-refractivity contribution >= 4 is 11.7 Å². The highest BCUT2D eigenvalue weighted by molar-refractivity contribution is 5.75. The van der Waals surface area contributed by atoms with Gasteiger partial charge < -0.3 is 19.9 Å². The fraction of sp³-hybridized carbons (Fsp3) is 0.704. The van der Waals surface area contributed by atoms with Gasteiger partial charge in [0.25, 0.3) is 0 Å². The average Bonchev–Trinajstić information content (AvgIpc) is 3.69. The molecule has 6 heteroatoms. The van der Waals surface area contributed by atoms with E-state index in [-0.39, 0.29) is 17.7 Å². The minimum atomic E-state index is -0.253. The summed E-state index contributed by atoms with van der Waals surface area (Å²) < 4.78 is 6.15. The molecule has 0 radical (unpaired) electrons. The summed E-state index contributed by atoms with van der Waals surface area (Å²) >= 11 is 0. The number of piperazine rings is 1. The molecular weight excluding hydrogens is 412 g/mol. The Kier molecular flexibility index (Phi) is 5.81. The molecule has 0 spiro atoms. The van der Waals surface area contributed by atoms with Gasteiger partial charge in [0.05, 0.1) is 29.5 Å². The molecule has 2 heterocycles. The number of ether oxygens (including phenoxy) is 1. The molecule has 4 aliphatic rings. The van der Waals surface area contributed by atoms with Gasteiger partial charge in [-0.1, -0.05) is 13.8 Å². The molecule has 0 unspecified atom stereocenters. The van der Waals surface area contributed by atoms with E-state index >= 15 is 0 Å². The van der Waals surface area contributed by atoms with E-state index in [0.29, 0.717) is 30.9 Å². The number of nitrogens with zero attached hydrogens (tertiary/aromatic N) is 3. The first-order valence-electron chi connectivity index (χ1n) is 12.8. The number of carbonyl (C=O) groups is 1. The van der Waals surface area contributed by atoms with Crippen molar-refractivity contribution in [3.8, 4) is 6.07 Å². The second-order valence-electron chi connectivity index (χ2n) is 11.5. The van der Waals surface area contributed by atoms with E-state index in [0.717, 1.165) is 37.3 Å². The van der Waals surface area contributed by atoms with Crippen molar-refractivity contribution in [1.82, 2.24) is 10.2 Å². The number of carbonyl (C=O) groups excluding carboxylic acids is 1. The van der Waals surface area contributed by atoms with Crippen molar-refractivity contribution in [1.29, 1.82) is 5.26 Å². The van der Waals surface area contributed by atoms with E-state index < -0.39 is 0 Å². The van der Waals surface area contributed by atoms with Crippen molar-refractivity contribution < 1.29 is 9.53 Å². The number of anilines is 1. The third-order valence-electron chi connectivity index (χ3n) is 7.93. The standard InChI is InChI=1S/C27H38N4O2/c1-17(2)25-15-30(9-10-31(25)26(32)29-14-18-5-6-18)24-11-20(19-7-8-19)23-16-33-27(3,4)12-21(23)22(24)13-28/h11,17-19,25H,5-10,12,14-16H2,1-4H3,(H,29,32)/t25-/m0/s1. The number of hydrogen-bond donors (Lipinski definition) is 1. The van der Waals surface area contributed by atoms with Gasteiger partial charge in [0, 0.05) is 32.6 Å². The number of benzene rings is 1. The maximum Gasteiger partial charge on any atom is 0.317 e. The fourth-order valence-electron chi connectivity index (χ4n) is 5.54. The van der Waals surface area contributed by atoms with Gasteiger partial charge in [-0.2, -0.15) is 5.26 Å². The molecule has 0 aromatic heterocycles. The number of nitrogens with one attached hydrogen (secondary N) is 1. The van der Waals surface area contributed by atoms with Gasteiger partial charge >= 0.3 is 6.03 Å². The van der Waals surface area contributed by atoms with Crippen LogP contribution in [0.4, 0.5) is 10.5 Å². The van der Waals surface area contributed by atoms with Gasteiger partial charge in [-0.05, 0) is 80.0 Å². The van der Waals surface area contributed by atoms with E-state index in [1.165, 1.54) is 42.4 Å². The lowest BCUT2D eigenvalue weighted by molar-refractivity contribution is -0.0405. The number of hydrogen-bond acceptors (Lipinski definition) is 4. The van der Waals surface area contributed by atoms with E-state index in [2.05, 4.69) is 50.0 Å². The molecule has 2 aliphatic carbocycles. The zero-order valence-corrected chi connectivity index (χ0v) is 20.6. The zero-order valence-electron chi connectivity index (χ0n) is 20.6. The van der Waals surface area contributed by atoms with Crippen molar-refractivity contribution in [2.75, 3.05) is 31.1 Å². The maximum absolute atomic E-state index is 13.0. The van der Waals surface area contributed by atoms with Crippen LogP contribution in [0.2, 0.25) is 0 Å². The minimum Gasteiger partial charge on any atom is -0.371 e. The largest absolute Gasteiger partial charge is 0.371 e. The average molecular weight is 451 g/mol. The first-order valence-corrected chi connectivity index (χ1v) is 12.8. The Bertz CT molecular complexity index is 971. The van der Waals surface area contributed by atoms with Gasteiger partial charge in [0.15, 0.2) is 0 Å². The summed E-state index contributed by atoms with van der Waals surface area (Å²) in [6.07, 6.45) is 5.70. The first-order chi connectivity index (χ1) is 15.8. The van der Waals surface area contributed by atoms with Crippen molar-refractivity contribution in [2.24, 2.45) is 11.8 Å². The molecule has 6 nitrogen and oxygen atoms in total. The smallest absolute Gasteiger partial charge is 0.317 e. The lowest BCUT2D eigenvalue weighted by Crippen LogP contribution is -2.59. The predicted molar refractivity (Wildman–Crippen MR) is 129 cm³/mol. The highest BCUT2D eigenvalue weighted by Gasteiger charge is 2.38. The van der Waals surface area contributed by atoms with E-state index in [1.54, 1.807) is 0 Å². The molecule has 2 amide bonds. The number of nitriles is 1. The monoisotopic (exact) mass is 450 g/mol. The Labute approximate surface area is 198 Å². The molecule has 0 bridgehead atoms. The summed E-state index contributed by atoms with van der Waals surface area (Å²) in [4.78, 5) is 17.4. The maximum atomic E-state index is 13.0. The van der Waals surface area contributed by atoms with E-state index in [4.69, 9.17) is 4.74 Å². The van der Waals surface area contributed by atoms with Crippen LogP contribution in [0.15, 0.2) is 6.07 Å². The minimum absolute atomic E-state index is 0.0729. The number of amides is 2. The molecule has 1 atom stereocenters. The van der Waals surface area contributed by atoms with Gasteiger partial charge in [-0.25, -0.2) is 4.79 Å². The zero-order chi connectivity index (χ0) is 23.3. The number of urea groups is 1. The molecule has 2 aliphatic heterocycles. The van der Waals surface area contributed by atoms with Crippen LogP contribution in [-0.2, 0) is 17.8 Å². The fourth-order valence-corrected chi connectivity index (χ4v) is 5.54. The van der Waals surface area contributed by atoms with Crippen molar-refractivity contribution in [2.45, 2.75) is 84.0 Å². The molecule has 1 N–H and O–H groups in total. The van der Waals surface area contributed by atoms with Crippen LogP contribution in [0.1, 0.15) is 81.5 Å². The second-order valence-corrected chi connectivity index (χ2v) is 11.5. The highest BCUT2D eigenvalue weighted by Crippen LogP contribution is 2.47. The van der Waals surface area contributed by atoms with Crippen LogP contribution in [-0.4, -0.2) is 48.8 Å². The summed E-state index contributed by atoms with van der Waals surface area (Å²) in [7, 11) is 0. The topological polar surface area (TPSA) is 68.6 Å². The van der Waals surface area contributed by atoms with Crippen LogP contribution in [0.3, 0.4) is 0 Å². The Balaban J connectivity index is 1.44. The van der Waals surface area contributed by atoms with Crippen molar-refractivity contribution in [3.63, 3.8) is 0 Å². The van der Waals surface area contributed by atoms with E-state index in [9.17, 15) is 10.1 Å². The van der Waals surface area contributed by atoms with Gasteiger partial charge in [-0.15, -0.1) is 0 Å². The SMILES string of the molecule is CC(C)[C@@H]1CN(c2cc(C3CC3)c3c(c2C#N)CC(C)(C)OC3)CCN1C(=O)NCC1CC1. The summed E-state index contributed by atoms with van der Waals surface area (Å²) in [6, 6.07) is 5.06. The van der Waals surface area contributed by atoms with Gasteiger partial charge in [0.2, 0.25) is 0 Å². The molecule has 33 heavy (non-hydrogen) atoms. The van der Waals surface area contributed by atoms with Crippen LogP contribution in [0.25, 0.3) is 0 Å². The third-order valence-corrected chi connectivity index (χ3v) is 7.93. The number of rotatable bonds is 5. The Morgan fingerprint density at radius 1 is 1.24 bits per heavy atom. The highest BCUT2D eigenvalue weighted by atomic mass is 16.5. The molecule has 1 aromatic rings. The lowest BCUT2D eigenvalue weighted by Gasteiger charge is -2.45. The molecule has 1 aromatic carbocycles. The normalized spacial score (nSPS) is 24.4. The van der Waals surface area contributed by atoms with Crippen molar-refractivity contribution in [3.05, 3.63) is 28.3 Å². The summed E-state index contributed by atoms with van der Waals surface area (Å²) in [5.41, 5.74) is 5.48. The van der Waals surface area contributed by atoms with Crippen LogP contribution in [0.5, 0.6) is 0 Å². The number of fused-ring (bicyclic) bond motifs is 1. The third kappa shape index (κ3) is 4.57. The molecule has 5 rings (SSSR count). The Morgan fingerprint density at radius 2 is 2.00 bits per heavy atom. The molecule has 178 valence electrons. The summed E-state index contributed by atoms with van der Waals surface area (Å²) in [5, 5.41) is 13.4. The summed E-state index contributed by atoms with van der Waals surface area (Å²) in [6.45, 7) is 12.3. The van der Waals surface area contributed by atoms with Crippen LogP contribution in [0, 0.1) is 23.2 Å². The predicted octanol–water partition coefficient (Wildman–Crippen LogP) is 4.55. The Morgan fingerprint density at radius 3 is 2.64 bits per heavy atom. The first kappa shape index (κ1) is 22.5. The molecule has 3 fully saturated rings. The molecular formula is C27H38N4O2. The van der Waals surface area contributed by atoms with Gasteiger partial charge in [-0.3, -0.25) is 0 Å². The molecule has 2 saturated carbocycles. The van der Waals surface area contributed by atoms with Crippen LogP contribution < -0.4 is 10.2 Å². The lowest BCUT2D eigenvalue weighted by atomic mass is 9.83. The van der Waals surface area contributed by atoms with E-state index in [1.807, 2.05) is 4.90 Å². The Hall–Kier alpha value is -2.26.